The van der Waals surface area contributed by atoms with E-state index in [1.165, 1.54) is 14.0 Å². The number of benzene rings is 1. The Bertz CT molecular complexity index is 458. The molecule has 0 aliphatic carbocycles. The third kappa shape index (κ3) is 4.88. The summed E-state index contributed by atoms with van der Waals surface area (Å²) in [7, 11) is 1.36. The van der Waals surface area contributed by atoms with E-state index in [2.05, 4.69) is 6.92 Å². The number of hydrogen-bond acceptors (Lipinski definition) is 3. The van der Waals surface area contributed by atoms with Crippen LogP contribution >= 0.6 is 0 Å². The maximum Gasteiger partial charge on any atom is 0.328 e. The van der Waals surface area contributed by atoms with Gasteiger partial charge in [-0.1, -0.05) is 43.7 Å². The first-order valence-corrected chi connectivity index (χ1v) is 7.41. The van der Waals surface area contributed by atoms with E-state index in [0.29, 0.717) is 6.42 Å². The zero-order valence-corrected chi connectivity index (χ0v) is 13.3. The lowest BCUT2D eigenvalue weighted by Crippen LogP contribution is -2.50. The first-order valence-electron chi connectivity index (χ1n) is 7.41. The minimum atomic E-state index is -0.573. The highest BCUT2D eigenvalue weighted by Gasteiger charge is 2.32. The van der Waals surface area contributed by atoms with Gasteiger partial charge in [0.05, 0.1) is 7.11 Å². The van der Waals surface area contributed by atoms with E-state index in [-0.39, 0.29) is 17.9 Å². The van der Waals surface area contributed by atoms with Crippen LogP contribution in [-0.4, -0.2) is 36.0 Å². The number of carbonyl (C=O) groups is 2. The van der Waals surface area contributed by atoms with Gasteiger partial charge < -0.3 is 9.64 Å². The van der Waals surface area contributed by atoms with Crippen LogP contribution in [0.3, 0.4) is 0 Å². The average molecular weight is 291 g/mol. The molecule has 1 amide bonds. The molecular formula is C17H25NO3. The molecule has 0 saturated heterocycles. The fourth-order valence-electron chi connectivity index (χ4n) is 2.66. The largest absolute Gasteiger partial charge is 0.467 e. The Morgan fingerprint density at radius 2 is 1.86 bits per heavy atom. The number of hydrogen-bond donors (Lipinski definition) is 0. The molecule has 0 saturated carbocycles. The van der Waals surface area contributed by atoms with E-state index in [9.17, 15) is 9.59 Å². The van der Waals surface area contributed by atoms with Crippen LogP contribution in [0.4, 0.5) is 0 Å². The molecule has 1 rings (SSSR count). The van der Waals surface area contributed by atoms with E-state index in [1.807, 2.05) is 37.3 Å². The highest BCUT2D eigenvalue weighted by Crippen LogP contribution is 2.17. The Hall–Kier alpha value is -1.84. The first kappa shape index (κ1) is 17.2. The number of methoxy groups -OCH3 is 1. The zero-order valence-electron chi connectivity index (χ0n) is 13.3. The molecule has 0 heterocycles. The summed E-state index contributed by atoms with van der Waals surface area (Å²) in [6, 6.07) is 9.14. The van der Waals surface area contributed by atoms with Gasteiger partial charge in [0.2, 0.25) is 5.91 Å². The van der Waals surface area contributed by atoms with Crippen molar-refractivity contribution in [2.75, 3.05) is 7.11 Å². The Balaban J connectivity index is 3.03. The summed E-state index contributed by atoms with van der Waals surface area (Å²) < 4.78 is 4.91. The summed E-state index contributed by atoms with van der Waals surface area (Å²) in [5.74, 6) is -0.459. The van der Waals surface area contributed by atoms with Crippen molar-refractivity contribution >= 4 is 11.9 Å². The molecule has 2 atom stereocenters. The molecule has 0 fully saturated rings. The summed E-state index contributed by atoms with van der Waals surface area (Å²) >= 11 is 0. The summed E-state index contributed by atoms with van der Waals surface area (Å²) in [6.45, 7) is 5.55. The number of ether oxygens (including phenoxy) is 1. The van der Waals surface area contributed by atoms with Crippen LogP contribution in [-0.2, 0) is 20.7 Å². The SMILES string of the molecule is CCCC(C)N(C(C)=O)[C@@H](Cc1ccccc1)C(=O)OC. The van der Waals surface area contributed by atoms with Crippen molar-refractivity contribution in [3.05, 3.63) is 35.9 Å². The van der Waals surface area contributed by atoms with E-state index >= 15 is 0 Å². The molecule has 4 nitrogen and oxygen atoms in total. The number of carbonyl (C=O) groups excluding carboxylic acids is 2. The standard InChI is InChI=1S/C17H25NO3/c1-5-9-13(2)18(14(3)19)16(17(20)21-4)12-15-10-7-6-8-11-15/h6-8,10-11,13,16H,5,9,12H2,1-4H3/t13?,16-/m0/s1. The summed E-state index contributed by atoms with van der Waals surface area (Å²) in [5.41, 5.74) is 1.02. The summed E-state index contributed by atoms with van der Waals surface area (Å²) in [6.07, 6.45) is 2.30. The van der Waals surface area contributed by atoms with Crippen molar-refractivity contribution < 1.29 is 14.3 Å². The van der Waals surface area contributed by atoms with Gasteiger partial charge in [-0.05, 0) is 18.9 Å². The Labute approximate surface area is 127 Å². The van der Waals surface area contributed by atoms with Crippen molar-refractivity contribution in [3.63, 3.8) is 0 Å². The lowest BCUT2D eigenvalue weighted by atomic mass is 10.0. The first-order chi connectivity index (χ1) is 10.0. The molecule has 21 heavy (non-hydrogen) atoms. The topological polar surface area (TPSA) is 46.6 Å². The van der Waals surface area contributed by atoms with Crippen LogP contribution in [0.25, 0.3) is 0 Å². The van der Waals surface area contributed by atoms with Crippen molar-refractivity contribution in [2.24, 2.45) is 0 Å². The molecule has 0 radical (unpaired) electrons. The Kier molecular flexibility index (Phi) is 6.92. The van der Waals surface area contributed by atoms with Gasteiger partial charge in [0, 0.05) is 19.4 Å². The van der Waals surface area contributed by atoms with E-state index in [1.54, 1.807) is 4.90 Å². The quantitative estimate of drug-likeness (QED) is 0.726. The summed E-state index contributed by atoms with van der Waals surface area (Å²) in [4.78, 5) is 25.8. The van der Waals surface area contributed by atoms with Crippen molar-refractivity contribution in [1.29, 1.82) is 0 Å². The second kappa shape index (κ2) is 8.45. The molecule has 0 bridgehead atoms. The van der Waals surface area contributed by atoms with Gasteiger partial charge in [-0.15, -0.1) is 0 Å². The Morgan fingerprint density at radius 3 is 2.33 bits per heavy atom. The number of amides is 1. The predicted molar refractivity (Wildman–Crippen MR) is 82.8 cm³/mol. The summed E-state index contributed by atoms with van der Waals surface area (Å²) in [5, 5.41) is 0. The average Bonchev–Trinajstić information content (AvgIpc) is 2.46. The van der Waals surface area contributed by atoms with Gasteiger partial charge >= 0.3 is 5.97 Å². The molecular weight excluding hydrogens is 266 g/mol. The molecule has 116 valence electrons. The van der Waals surface area contributed by atoms with Gasteiger partial charge in [-0.2, -0.15) is 0 Å². The van der Waals surface area contributed by atoms with E-state index in [4.69, 9.17) is 4.74 Å². The second-order valence-electron chi connectivity index (χ2n) is 5.29. The van der Waals surface area contributed by atoms with E-state index in [0.717, 1.165) is 18.4 Å². The normalized spacial score (nSPS) is 13.3. The monoisotopic (exact) mass is 291 g/mol. The smallest absolute Gasteiger partial charge is 0.328 e. The van der Waals surface area contributed by atoms with Gasteiger partial charge in [-0.3, -0.25) is 4.79 Å². The molecule has 0 aliphatic rings. The van der Waals surface area contributed by atoms with Gasteiger partial charge in [0.15, 0.2) is 0 Å². The minimum absolute atomic E-state index is 0.0142. The predicted octanol–water partition coefficient (Wildman–Crippen LogP) is 2.81. The fraction of sp³-hybridized carbons (Fsp3) is 0.529. The maximum absolute atomic E-state index is 12.2. The maximum atomic E-state index is 12.2. The third-order valence-electron chi connectivity index (χ3n) is 3.63. The van der Waals surface area contributed by atoms with Gasteiger partial charge in [-0.25, -0.2) is 4.79 Å². The molecule has 0 aromatic heterocycles. The molecule has 0 spiro atoms. The fourth-order valence-corrected chi connectivity index (χ4v) is 2.66. The van der Waals surface area contributed by atoms with Crippen molar-refractivity contribution in [3.8, 4) is 0 Å². The van der Waals surface area contributed by atoms with Crippen LogP contribution in [0.1, 0.15) is 39.2 Å². The molecule has 0 N–H and O–H groups in total. The van der Waals surface area contributed by atoms with Gasteiger partial charge in [0.25, 0.3) is 0 Å². The molecule has 1 aromatic rings. The van der Waals surface area contributed by atoms with Gasteiger partial charge in [0.1, 0.15) is 6.04 Å². The van der Waals surface area contributed by atoms with Crippen molar-refractivity contribution in [1.82, 2.24) is 4.90 Å². The highest BCUT2D eigenvalue weighted by molar-refractivity contribution is 5.83. The number of rotatable bonds is 7. The van der Waals surface area contributed by atoms with Crippen LogP contribution in [0.5, 0.6) is 0 Å². The molecule has 1 unspecified atom stereocenters. The molecule has 0 aliphatic heterocycles. The number of esters is 1. The van der Waals surface area contributed by atoms with Crippen LogP contribution in [0, 0.1) is 0 Å². The van der Waals surface area contributed by atoms with Crippen LogP contribution < -0.4 is 0 Å². The third-order valence-corrected chi connectivity index (χ3v) is 3.63. The van der Waals surface area contributed by atoms with Crippen LogP contribution in [0.2, 0.25) is 0 Å². The van der Waals surface area contributed by atoms with Crippen LogP contribution in [0.15, 0.2) is 30.3 Å². The van der Waals surface area contributed by atoms with Crippen molar-refractivity contribution in [2.45, 2.75) is 52.1 Å². The minimum Gasteiger partial charge on any atom is -0.467 e. The lowest BCUT2D eigenvalue weighted by molar-refractivity contribution is -0.154. The number of nitrogens with zero attached hydrogens (tertiary/aromatic N) is 1. The molecule has 1 aromatic carbocycles. The lowest BCUT2D eigenvalue weighted by Gasteiger charge is -2.34. The second-order valence-corrected chi connectivity index (χ2v) is 5.29. The zero-order chi connectivity index (χ0) is 15.8. The molecule has 4 heteroatoms. The highest BCUT2D eigenvalue weighted by atomic mass is 16.5. The Morgan fingerprint density at radius 1 is 1.24 bits per heavy atom. The van der Waals surface area contributed by atoms with E-state index < -0.39 is 6.04 Å².